The summed E-state index contributed by atoms with van der Waals surface area (Å²) in [4.78, 5) is 1.65. The van der Waals surface area contributed by atoms with Gasteiger partial charge in [-0.2, -0.15) is 0 Å². The fraction of sp³-hybridized carbons (Fsp3) is 1.00. The molecule has 78 valence electrons. The van der Waals surface area contributed by atoms with Crippen LogP contribution in [-0.4, -0.2) is 20.1 Å². The standard InChI is InChI=1S/C12H25N/c1-12(2,3)10-6-8-11(9-7-10)13(4)5/h10-11H,6-9H2,1-5H3/p+1. The zero-order valence-corrected chi connectivity index (χ0v) is 9.98. The van der Waals surface area contributed by atoms with Crippen LogP contribution < -0.4 is 4.90 Å². The van der Waals surface area contributed by atoms with Crippen LogP contribution in [0.2, 0.25) is 0 Å². The molecule has 0 spiro atoms. The number of hydrogen-bond acceptors (Lipinski definition) is 0. The van der Waals surface area contributed by atoms with Crippen LogP contribution >= 0.6 is 0 Å². The summed E-state index contributed by atoms with van der Waals surface area (Å²) in [6.45, 7) is 7.17. The predicted molar refractivity (Wildman–Crippen MR) is 58.0 cm³/mol. The van der Waals surface area contributed by atoms with E-state index < -0.39 is 0 Å². The van der Waals surface area contributed by atoms with Gasteiger partial charge in [0, 0.05) is 0 Å². The molecule has 0 saturated heterocycles. The molecule has 1 rings (SSSR count). The van der Waals surface area contributed by atoms with Crippen LogP contribution in [-0.2, 0) is 0 Å². The van der Waals surface area contributed by atoms with E-state index in [4.69, 9.17) is 0 Å². The van der Waals surface area contributed by atoms with Gasteiger partial charge in [0.15, 0.2) is 0 Å². The van der Waals surface area contributed by atoms with E-state index in [9.17, 15) is 0 Å². The molecule has 0 atom stereocenters. The molecule has 13 heavy (non-hydrogen) atoms. The van der Waals surface area contributed by atoms with E-state index in [1.807, 2.05) is 0 Å². The molecule has 1 saturated carbocycles. The summed E-state index contributed by atoms with van der Waals surface area (Å²) in [5.74, 6) is 0.961. The molecular weight excluding hydrogens is 158 g/mol. The molecule has 1 nitrogen and oxygen atoms in total. The normalized spacial score (nSPS) is 30.9. The summed E-state index contributed by atoms with van der Waals surface area (Å²) in [5, 5.41) is 0. The maximum atomic E-state index is 2.39. The summed E-state index contributed by atoms with van der Waals surface area (Å²) >= 11 is 0. The van der Waals surface area contributed by atoms with Crippen molar-refractivity contribution in [2.24, 2.45) is 11.3 Å². The highest BCUT2D eigenvalue weighted by Gasteiger charge is 2.31. The maximum absolute atomic E-state index is 2.39. The Bertz CT molecular complexity index is 147. The number of hydrogen-bond donors (Lipinski definition) is 1. The Morgan fingerprint density at radius 1 is 0.923 bits per heavy atom. The molecule has 0 aromatic carbocycles. The van der Waals surface area contributed by atoms with Gasteiger partial charge in [-0.15, -0.1) is 0 Å². The summed E-state index contributed by atoms with van der Waals surface area (Å²) in [7, 11) is 4.59. The SMILES string of the molecule is C[NH+](C)C1CCC(C(C)(C)C)CC1. The molecule has 0 amide bonds. The molecule has 1 fully saturated rings. The molecule has 0 unspecified atom stereocenters. The monoisotopic (exact) mass is 184 g/mol. The van der Waals surface area contributed by atoms with Crippen molar-refractivity contribution in [3.63, 3.8) is 0 Å². The fourth-order valence-electron chi connectivity index (χ4n) is 2.54. The summed E-state index contributed by atoms with van der Waals surface area (Å²) in [6, 6.07) is 0.929. The molecule has 0 aromatic rings. The Morgan fingerprint density at radius 2 is 1.38 bits per heavy atom. The number of nitrogens with one attached hydrogen (secondary N) is 1. The molecule has 0 aromatic heterocycles. The van der Waals surface area contributed by atoms with Crippen molar-refractivity contribution in [2.75, 3.05) is 14.1 Å². The van der Waals surface area contributed by atoms with Crippen molar-refractivity contribution < 1.29 is 4.90 Å². The first-order chi connectivity index (χ1) is 5.91. The number of rotatable bonds is 1. The van der Waals surface area contributed by atoms with E-state index in [0.29, 0.717) is 5.41 Å². The van der Waals surface area contributed by atoms with Gasteiger partial charge in [0.1, 0.15) is 0 Å². The molecule has 1 aliphatic rings. The van der Waals surface area contributed by atoms with E-state index >= 15 is 0 Å². The fourth-order valence-corrected chi connectivity index (χ4v) is 2.54. The van der Waals surface area contributed by atoms with E-state index in [-0.39, 0.29) is 0 Å². The van der Waals surface area contributed by atoms with E-state index in [1.165, 1.54) is 25.7 Å². The first-order valence-electron chi connectivity index (χ1n) is 5.71. The molecular formula is C12H26N+. The average molecular weight is 184 g/mol. The van der Waals surface area contributed by atoms with Gasteiger partial charge in [0.05, 0.1) is 20.1 Å². The van der Waals surface area contributed by atoms with Gasteiger partial charge in [0.2, 0.25) is 0 Å². The predicted octanol–water partition coefficient (Wildman–Crippen LogP) is 1.74. The van der Waals surface area contributed by atoms with Crippen molar-refractivity contribution in [3.8, 4) is 0 Å². The maximum Gasteiger partial charge on any atom is 0.0870 e. The third-order valence-corrected chi connectivity index (χ3v) is 3.77. The first kappa shape index (κ1) is 11.0. The second-order valence-electron chi connectivity index (χ2n) is 5.99. The minimum Gasteiger partial charge on any atom is -0.337 e. The van der Waals surface area contributed by atoms with Gasteiger partial charge < -0.3 is 4.90 Å². The quantitative estimate of drug-likeness (QED) is 0.633. The second kappa shape index (κ2) is 4.00. The van der Waals surface area contributed by atoms with Crippen LogP contribution in [0.25, 0.3) is 0 Å². The van der Waals surface area contributed by atoms with Crippen LogP contribution in [0, 0.1) is 11.3 Å². The second-order valence-corrected chi connectivity index (χ2v) is 5.99. The zero-order chi connectivity index (χ0) is 10.1. The Morgan fingerprint density at radius 3 is 1.69 bits per heavy atom. The molecule has 0 heterocycles. The van der Waals surface area contributed by atoms with Gasteiger partial charge in [-0.25, -0.2) is 0 Å². The highest BCUT2D eigenvalue weighted by Crippen LogP contribution is 2.37. The van der Waals surface area contributed by atoms with Gasteiger partial charge >= 0.3 is 0 Å². The van der Waals surface area contributed by atoms with Crippen molar-refractivity contribution >= 4 is 0 Å². The largest absolute Gasteiger partial charge is 0.337 e. The lowest BCUT2D eigenvalue weighted by molar-refractivity contribution is -0.887. The van der Waals surface area contributed by atoms with E-state index in [1.54, 1.807) is 4.90 Å². The van der Waals surface area contributed by atoms with E-state index in [2.05, 4.69) is 34.9 Å². The molecule has 1 heteroatoms. The smallest absolute Gasteiger partial charge is 0.0870 e. The topological polar surface area (TPSA) is 4.44 Å². The minimum absolute atomic E-state index is 0.534. The first-order valence-corrected chi connectivity index (χ1v) is 5.71. The van der Waals surface area contributed by atoms with Crippen molar-refractivity contribution in [3.05, 3.63) is 0 Å². The molecule has 1 N–H and O–H groups in total. The van der Waals surface area contributed by atoms with Crippen LogP contribution in [0.3, 0.4) is 0 Å². The molecule has 0 bridgehead atoms. The van der Waals surface area contributed by atoms with Crippen molar-refractivity contribution in [2.45, 2.75) is 52.5 Å². The Kier molecular flexibility index (Phi) is 3.39. The summed E-state index contributed by atoms with van der Waals surface area (Å²) in [6.07, 6.45) is 5.76. The highest BCUT2D eigenvalue weighted by atomic mass is 15.1. The van der Waals surface area contributed by atoms with Crippen LogP contribution in [0.1, 0.15) is 46.5 Å². The lowest BCUT2D eigenvalue weighted by Crippen LogP contribution is -3.10. The van der Waals surface area contributed by atoms with E-state index in [0.717, 1.165) is 12.0 Å². The lowest BCUT2D eigenvalue weighted by atomic mass is 9.71. The van der Waals surface area contributed by atoms with Gasteiger partial charge in [-0.05, 0) is 37.0 Å². The van der Waals surface area contributed by atoms with Crippen LogP contribution in [0.4, 0.5) is 0 Å². The van der Waals surface area contributed by atoms with Gasteiger partial charge in [-0.3, -0.25) is 0 Å². The summed E-state index contributed by atoms with van der Waals surface area (Å²) < 4.78 is 0. The third-order valence-electron chi connectivity index (χ3n) is 3.77. The van der Waals surface area contributed by atoms with Gasteiger partial charge in [-0.1, -0.05) is 20.8 Å². The Balaban J connectivity index is 2.39. The van der Waals surface area contributed by atoms with Crippen LogP contribution in [0.5, 0.6) is 0 Å². The zero-order valence-electron chi connectivity index (χ0n) is 9.98. The van der Waals surface area contributed by atoms with Crippen LogP contribution in [0.15, 0.2) is 0 Å². The molecule has 0 aliphatic heterocycles. The highest BCUT2D eigenvalue weighted by molar-refractivity contribution is 4.80. The van der Waals surface area contributed by atoms with Crippen molar-refractivity contribution in [1.29, 1.82) is 0 Å². The van der Waals surface area contributed by atoms with Crippen molar-refractivity contribution in [1.82, 2.24) is 0 Å². The average Bonchev–Trinajstić information content (AvgIpc) is 2.03. The molecule has 1 aliphatic carbocycles. The lowest BCUT2D eigenvalue weighted by Gasteiger charge is -2.37. The third kappa shape index (κ3) is 2.98. The number of quaternary nitrogens is 1. The molecule has 0 radical (unpaired) electrons. The minimum atomic E-state index is 0.534. The Hall–Kier alpha value is -0.0400. The summed E-state index contributed by atoms with van der Waals surface area (Å²) in [5.41, 5.74) is 0.534. The Labute approximate surface area is 83.5 Å². The van der Waals surface area contributed by atoms with Gasteiger partial charge in [0.25, 0.3) is 0 Å².